The summed E-state index contributed by atoms with van der Waals surface area (Å²) >= 11 is 10.5. The third-order valence-corrected chi connectivity index (χ3v) is 5.72. The highest BCUT2D eigenvalue weighted by atomic mass is 79.9. The van der Waals surface area contributed by atoms with Crippen LogP contribution in [0.1, 0.15) is 24.4 Å². The van der Waals surface area contributed by atoms with Gasteiger partial charge in [0.05, 0.1) is 11.8 Å². The van der Waals surface area contributed by atoms with Crippen LogP contribution in [0.25, 0.3) is 0 Å². The van der Waals surface area contributed by atoms with Crippen molar-refractivity contribution in [2.75, 3.05) is 11.6 Å². The predicted molar refractivity (Wildman–Crippen MR) is 117 cm³/mol. The molecule has 152 valence electrons. The lowest BCUT2D eigenvalue weighted by Crippen LogP contribution is -2.28. The number of aromatic nitrogens is 3. The van der Waals surface area contributed by atoms with Gasteiger partial charge in [-0.1, -0.05) is 51.4 Å². The number of carbonyl (C=O) groups is 1. The number of nitrogens with two attached hydrogens (primary N) is 1. The van der Waals surface area contributed by atoms with E-state index in [0.717, 1.165) is 10.0 Å². The molecule has 29 heavy (non-hydrogen) atoms. The molecule has 1 aromatic heterocycles. The summed E-state index contributed by atoms with van der Waals surface area (Å²) in [5, 5.41) is 12.1. The van der Waals surface area contributed by atoms with Crippen molar-refractivity contribution < 1.29 is 9.53 Å². The molecule has 3 N–H and O–H groups in total. The fraction of sp³-hybridized carbons (Fsp3) is 0.211. The minimum absolute atomic E-state index is 0.102. The minimum Gasteiger partial charge on any atom is -0.486 e. The first-order valence-electron chi connectivity index (χ1n) is 8.67. The Morgan fingerprint density at radius 2 is 1.93 bits per heavy atom. The van der Waals surface area contributed by atoms with Gasteiger partial charge < -0.3 is 15.9 Å². The molecule has 10 heteroatoms. The first kappa shape index (κ1) is 21.5. The van der Waals surface area contributed by atoms with Crippen LogP contribution in [0.4, 0.5) is 0 Å². The molecular weight excluding hydrogens is 478 g/mol. The zero-order valence-corrected chi connectivity index (χ0v) is 18.7. The van der Waals surface area contributed by atoms with Crippen molar-refractivity contribution >= 4 is 45.2 Å². The number of halogens is 2. The number of nitrogens with zero attached hydrogens (tertiary/aromatic N) is 3. The molecular formula is C19H19BrClN5O2S. The van der Waals surface area contributed by atoms with Crippen LogP contribution in [0.15, 0.2) is 58.2 Å². The van der Waals surface area contributed by atoms with Crippen molar-refractivity contribution in [1.29, 1.82) is 0 Å². The molecule has 1 heterocycles. The number of amides is 1. The molecule has 0 saturated carbocycles. The normalized spacial score (nSPS) is 11.8. The second-order valence-corrected chi connectivity index (χ2v) is 8.44. The van der Waals surface area contributed by atoms with Gasteiger partial charge in [0, 0.05) is 9.50 Å². The van der Waals surface area contributed by atoms with E-state index in [2.05, 4.69) is 31.4 Å². The van der Waals surface area contributed by atoms with Gasteiger partial charge >= 0.3 is 0 Å². The first-order valence-corrected chi connectivity index (χ1v) is 10.8. The van der Waals surface area contributed by atoms with Crippen LogP contribution in [0.5, 0.6) is 5.75 Å². The number of carbonyl (C=O) groups excluding carboxylic acids is 1. The predicted octanol–water partition coefficient (Wildman–Crippen LogP) is 3.96. The lowest BCUT2D eigenvalue weighted by atomic mass is 10.1. The summed E-state index contributed by atoms with van der Waals surface area (Å²) in [7, 11) is 0. The summed E-state index contributed by atoms with van der Waals surface area (Å²) in [6.07, 6.45) is 0. The summed E-state index contributed by atoms with van der Waals surface area (Å²) in [4.78, 5) is 12.2. The second-order valence-electron chi connectivity index (χ2n) is 6.14. The van der Waals surface area contributed by atoms with E-state index in [1.807, 2.05) is 31.2 Å². The van der Waals surface area contributed by atoms with Crippen molar-refractivity contribution in [3.05, 3.63) is 69.4 Å². The highest BCUT2D eigenvalue weighted by molar-refractivity contribution is 9.10. The Morgan fingerprint density at radius 3 is 2.62 bits per heavy atom. The van der Waals surface area contributed by atoms with Crippen molar-refractivity contribution in [3.63, 3.8) is 0 Å². The van der Waals surface area contributed by atoms with E-state index in [-0.39, 0.29) is 24.3 Å². The average molecular weight is 497 g/mol. The maximum atomic E-state index is 12.2. The molecule has 0 fully saturated rings. The van der Waals surface area contributed by atoms with E-state index in [4.69, 9.17) is 22.2 Å². The smallest absolute Gasteiger partial charge is 0.230 e. The van der Waals surface area contributed by atoms with E-state index < -0.39 is 0 Å². The number of hydrogen-bond donors (Lipinski definition) is 2. The Hall–Kier alpha value is -2.23. The summed E-state index contributed by atoms with van der Waals surface area (Å²) < 4.78 is 7.94. The van der Waals surface area contributed by atoms with Crippen LogP contribution < -0.4 is 15.9 Å². The van der Waals surface area contributed by atoms with Crippen molar-refractivity contribution in [2.45, 2.75) is 24.7 Å². The average Bonchev–Trinajstić information content (AvgIpc) is 3.06. The summed E-state index contributed by atoms with van der Waals surface area (Å²) in [5.74, 6) is 7.17. The molecule has 0 aliphatic carbocycles. The van der Waals surface area contributed by atoms with E-state index in [1.54, 1.807) is 24.3 Å². The molecule has 7 nitrogen and oxygen atoms in total. The van der Waals surface area contributed by atoms with Gasteiger partial charge in [0.25, 0.3) is 0 Å². The van der Waals surface area contributed by atoms with Crippen LogP contribution in [-0.2, 0) is 11.4 Å². The van der Waals surface area contributed by atoms with Crippen molar-refractivity contribution in [1.82, 2.24) is 20.2 Å². The number of nitrogen functional groups attached to an aromatic ring is 1. The molecule has 0 bridgehead atoms. The highest BCUT2D eigenvalue weighted by Crippen LogP contribution is 2.19. The zero-order valence-electron chi connectivity index (χ0n) is 15.5. The van der Waals surface area contributed by atoms with Crippen molar-refractivity contribution in [3.8, 4) is 5.75 Å². The Labute approximate surface area is 186 Å². The summed E-state index contributed by atoms with van der Waals surface area (Å²) in [5.41, 5.74) is 1.02. The molecule has 0 aliphatic heterocycles. The highest BCUT2D eigenvalue weighted by Gasteiger charge is 2.14. The molecule has 0 spiro atoms. The van der Waals surface area contributed by atoms with E-state index in [9.17, 15) is 4.79 Å². The Kier molecular flexibility index (Phi) is 7.40. The number of ether oxygens (including phenoxy) is 1. The van der Waals surface area contributed by atoms with Crippen LogP contribution in [0, 0.1) is 0 Å². The third-order valence-electron chi connectivity index (χ3n) is 4.00. The van der Waals surface area contributed by atoms with Gasteiger partial charge in [0.15, 0.2) is 5.82 Å². The molecule has 1 atom stereocenters. The van der Waals surface area contributed by atoms with E-state index in [1.165, 1.54) is 16.4 Å². The van der Waals surface area contributed by atoms with Gasteiger partial charge in [-0.05, 0) is 48.9 Å². The van der Waals surface area contributed by atoms with Crippen molar-refractivity contribution in [2.24, 2.45) is 0 Å². The van der Waals surface area contributed by atoms with Crippen LogP contribution in [0.2, 0.25) is 5.02 Å². The summed E-state index contributed by atoms with van der Waals surface area (Å²) in [6, 6.07) is 14.7. The van der Waals surface area contributed by atoms with Crippen LogP contribution in [-0.4, -0.2) is 26.5 Å². The van der Waals surface area contributed by atoms with E-state index in [0.29, 0.717) is 21.8 Å². The number of benzene rings is 2. The zero-order chi connectivity index (χ0) is 20.8. The van der Waals surface area contributed by atoms with Gasteiger partial charge in [-0.2, -0.15) is 0 Å². The molecule has 0 saturated heterocycles. The Bertz CT molecular complexity index is 966. The number of nitrogens with one attached hydrogen (secondary N) is 1. The van der Waals surface area contributed by atoms with Crippen LogP contribution >= 0.6 is 39.3 Å². The molecule has 3 aromatic rings. The second kappa shape index (κ2) is 10.00. The fourth-order valence-corrected chi connectivity index (χ4v) is 3.51. The maximum Gasteiger partial charge on any atom is 0.230 e. The van der Waals surface area contributed by atoms with Gasteiger partial charge in [-0.3, -0.25) is 4.79 Å². The van der Waals surface area contributed by atoms with Gasteiger partial charge in [-0.15, -0.1) is 10.2 Å². The maximum absolute atomic E-state index is 12.2. The lowest BCUT2D eigenvalue weighted by Gasteiger charge is -2.14. The molecule has 3 rings (SSSR count). The lowest BCUT2D eigenvalue weighted by molar-refractivity contribution is -0.119. The quantitative estimate of drug-likeness (QED) is 0.362. The molecule has 1 amide bonds. The minimum atomic E-state index is -0.118. The van der Waals surface area contributed by atoms with Gasteiger partial charge in [0.1, 0.15) is 12.4 Å². The summed E-state index contributed by atoms with van der Waals surface area (Å²) in [6.45, 7) is 2.09. The SMILES string of the molecule is CC(NC(=O)CSc1nnc(COc2ccc(Cl)cc2)n1N)c1ccc(Br)cc1. The van der Waals surface area contributed by atoms with E-state index >= 15 is 0 Å². The molecule has 0 aliphatic rings. The monoisotopic (exact) mass is 495 g/mol. The number of rotatable bonds is 8. The molecule has 2 aromatic carbocycles. The Morgan fingerprint density at radius 1 is 1.24 bits per heavy atom. The third kappa shape index (κ3) is 6.12. The Balaban J connectivity index is 1.49. The molecule has 1 unspecified atom stereocenters. The van der Waals surface area contributed by atoms with Crippen LogP contribution in [0.3, 0.4) is 0 Å². The molecule has 0 radical (unpaired) electrons. The van der Waals surface area contributed by atoms with Gasteiger partial charge in [-0.25, -0.2) is 4.68 Å². The topological polar surface area (TPSA) is 95.1 Å². The first-order chi connectivity index (χ1) is 13.9. The standard InChI is InChI=1S/C19H19BrClN5O2S/c1-12(13-2-4-14(20)5-3-13)23-18(27)11-29-19-25-24-17(26(19)22)10-28-16-8-6-15(21)7-9-16/h2-9,12H,10-11,22H2,1H3,(H,23,27). The van der Waals surface area contributed by atoms with Gasteiger partial charge in [0.2, 0.25) is 11.1 Å². The number of hydrogen-bond acceptors (Lipinski definition) is 6. The fourth-order valence-electron chi connectivity index (χ4n) is 2.43. The largest absolute Gasteiger partial charge is 0.486 e. The number of thioether (sulfide) groups is 1.